The van der Waals surface area contributed by atoms with Gasteiger partial charge in [-0.15, -0.1) is 0 Å². The van der Waals surface area contributed by atoms with E-state index in [0.29, 0.717) is 0 Å². The molecule has 2 aromatic carbocycles. The SMILES string of the molecule is Cc1nccn1-c1cc(N2CCC(C(=O)NC(c3ccccc3)c3ccccc3)CC2)ncn1. The van der Waals surface area contributed by atoms with E-state index in [9.17, 15) is 4.79 Å². The van der Waals surface area contributed by atoms with Gasteiger partial charge < -0.3 is 10.2 Å². The number of anilines is 1. The van der Waals surface area contributed by atoms with Crippen LogP contribution in [0.3, 0.4) is 0 Å². The average molecular weight is 453 g/mol. The highest BCUT2D eigenvalue weighted by Crippen LogP contribution is 2.26. The summed E-state index contributed by atoms with van der Waals surface area (Å²) in [5.74, 6) is 2.64. The van der Waals surface area contributed by atoms with Crippen LogP contribution in [0.2, 0.25) is 0 Å². The lowest BCUT2D eigenvalue weighted by molar-refractivity contribution is -0.126. The number of piperidine rings is 1. The molecule has 0 atom stereocenters. The zero-order valence-electron chi connectivity index (χ0n) is 19.2. The van der Waals surface area contributed by atoms with Crippen molar-refractivity contribution < 1.29 is 4.79 Å². The van der Waals surface area contributed by atoms with E-state index in [0.717, 1.165) is 54.5 Å². The van der Waals surface area contributed by atoms with Crippen LogP contribution in [0, 0.1) is 12.8 Å². The number of aromatic nitrogens is 4. The summed E-state index contributed by atoms with van der Waals surface area (Å²) in [5, 5.41) is 3.31. The normalized spacial score (nSPS) is 14.4. The van der Waals surface area contributed by atoms with Crippen LogP contribution < -0.4 is 10.2 Å². The molecule has 4 aromatic rings. The molecule has 1 saturated heterocycles. The Bertz CT molecular complexity index is 1190. The number of benzene rings is 2. The molecule has 7 heteroatoms. The largest absolute Gasteiger partial charge is 0.356 e. The molecule has 5 rings (SSSR count). The number of nitrogens with zero attached hydrogens (tertiary/aromatic N) is 5. The van der Waals surface area contributed by atoms with Gasteiger partial charge >= 0.3 is 0 Å². The fourth-order valence-electron chi connectivity index (χ4n) is 4.54. The van der Waals surface area contributed by atoms with Crippen LogP contribution in [0.5, 0.6) is 0 Å². The minimum absolute atomic E-state index is 0.0247. The Kier molecular flexibility index (Phi) is 6.33. The summed E-state index contributed by atoms with van der Waals surface area (Å²) in [7, 11) is 0. The van der Waals surface area contributed by atoms with Gasteiger partial charge in [-0.1, -0.05) is 60.7 Å². The lowest BCUT2D eigenvalue weighted by Crippen LogP contribution is -2.42. The Labute approximate surface area is 199 Å². The fraction of sp³-hybridized carbons (Fsp3) is 0.259. The molecular formula is C27H28N6O. The first-order valence-electron chi connectivity index (χ1n) is 11.7. The number of rotatable bonds is 6. The molecule has 0 saturated carbocycles. The Morgan fingerprint density at radius 3 is 2.12 bits per heavy atom. The number of aryl methyl sites for hydroxylation is 1. The molecule has 0 spiro atoms. The van der Waals surface area contributed by atoms with E-state index < -0.39 is 0 Å². The highest BCUT2D eigenvalue weighted by Gasteiger charge is 2.28. The smallest absolute Gasteiger partial charge is 0.223 e. The molecule has 172 valence electrons. The van der Waals surface area contributed by atoms with Crippen molar-refractivity contribution in [1.29, 1.82) is 0 Å². The molecule has 1 N–H and O–H groups in total. The zero-order valence-corrected chi connectivity index (χ0v) is 19.2. The highest BCUT2D eigenvalue weighted by atomic mass is 16.2. The van der Waals surface area contributed by atoms with Gasteiger partial charge in [-0.05, 0) is 30.9 Å². The molecule has 0 bridgehead atoms. The summed E-state index contributed by atoms with van der Waals surface area (Å²) >= 11 is 0. The monoisotopic (exact) mass is 452 g/mol. The second-order valence-electron chi connectivity index (χ2n) is 8.60. The molecule has 1 aliphatic heterocycles. The van der Waals surface area contributed by atoms with Crippen LogP contribution in [0.4, 0.5) is 5.82 Å². The lowest BCUT2D eigenvalue weighted by atomic mass is 9.93. The van der Waals surface area contributed by atoms with Gasteiger partial charge in [0.2, 0.25) is 5.91 Å². The summed E-state index contributed by atoms with van der Waals surface area (Å²) in [4.78, 5) is 28.7. The van der Waals surface area contributed by atoms with Crippen molar-refractivity contribution in [3.05, 3.63) is 102 Å². The number of carbonyl (C=O) groups is 1. The number of hydrogen-bond acceptors (Lipinski definition) is 5. The minimum Gasteiger partial charge on any atom is -0.356 e. The predicted octanol–water partition coefficient (Wildman–Crippen LogP) is 4.09. The van der Waals surface area contributed by atoms with E-state index in [1.165, 1.54) is 0 Å². The van der Waals surface area contributed by atoms with Gasteiger partial charge in [0, 0.05) is 37.5 Å². The predicted molar refractivity (Wildman–Crippen MR) is 132 cm³/mol. The van der Waals surface area contributed by atoms with E-state index in [1.807, 2.05) is 60.2 Å². The molecule has 0 unspecified atom stereocenters. The molecule has 34 heavy (non-hydrogen) atoms. The third kappa shape index (κ3) is 4.69. The maximum Gasteiger partial charge on any atom is 0.223 e. The topological polar surface area (TPSA) is 75.9 Å². The molecule has 7 nitrogen and oxygen atoms in total. The van der Waals surface area contributed by atoms with Crippen molar-refractivity contribution in [2.45, 2.75) is 25.8 Å². The van der Waals surface area contributed by atoms with Crippen LogP contribution >= 0.6 is 0 Å². The zero-order chi connectivity index (χ0) is 23.3. The summed E-state index contributed by atoms with van der Waals surface area (Å²) in [6.07, 6.45) is 6.82. The third-order valence-corrected chi connectivity index (χ3v) is 6.45. The molecule has 0 aliphatic carbocycles. The maximum absolute atomic E-state index is 13.3. The Morgan fingerprint density at radius 1 is 0.912 bits per heavy atom. The molecule has 1 amide bonds. The molecule has 1 fully saturated rings. The van der Waals surface area contributed by atoms with E-state index in [1.54, 1.807) is 12.5 Å². The van der Waals surface area contributed by atoms with Crippen molar-refractivity contribution in [1.82, 2.24) is 24.8 Å². The number of carbonyl (C=O) groups excluding carboxylic acids is 1. The summed E-state index contributed by atoms with van der Waals surface area (Å²) in [5.41, 5.74) is 2.17. The van der Waals surface area contributed by atoms with Crippen molar-refractivity contribution in [2.75, 3.05) is 18.0 Å². The number of imidazole rings is 1. The second-order valence-corrected chi connectivity index (χ2v) is 8.60. The van der Waals surface area contributed by atoms with Crippen LogP contribution in [-0.4, -0.2) is 38.5 Å². The first-order chi connectivity index (χ1) is 16.7. The Balaban J connectivity index is 1.26. The molecule has 0 radical (unpaired) electrons. The number of nitrogens with one attached hydrogen (secondary N) is 1. The quantitative estimate of drug-likeness (QED) is 0.477. The van der Waals surface area contributed by atoms with Gasteiger partial charge in [-0.2, -0.15) is 0 Å². The maximum atomic E-state index is 13.3. The Morgan fingerprint density at radius 2 is 1.53 bits per heavy atom. The number of amides is 1. The molecule has 1 aliphatic rings. The summed E-state index contributed by atoms with van der Waals surface area (Å²) in [6, 6.07) is 22.1. The second kappa shape index (κ2) is 9.87. The van der Waals surface area contributed by atoms with Gasteiger partial charge in [0.15, 0.2) is 0 Å². The van der Waals surface area contributed by atoms with Crippen molar-refractivity contribution >= 4 is 11.7 Å². The van der Waals surface area contributed by atoms with Crippen LogP contribution in [-0.2, 0) is 4.79 Å². The van der Waals surface area contributed by atoms with E-state index in [-0.39, 0.29) is 17.9 Å². The van der Waals surface area contributed by atoms with Crippen molar-refractivity contribution in [3.8, 4) is 5.82 Å². The van der Waals surface area contributed by atoms with Crippen molar-refractivity contribution in [3.63, 3.8) is 0 Å². The Hall–Kier alpha value is -4.00. The average Bonchev–Trinajstić information content (AvgIpc) is 3.34. The summed E-state index contributed by atoms with van der Waals surface area (Å²) in [6.45, 7) is 3.50. The van der Waals surface area contributed by atoms with Gasteiger partial charge in [0.25, 0.3) is 0 Å². The number of hydrogen-bond donors (Lipinski definition) is 1. The summed E-state index contributed by atoms with van der Waals surface area (Å²) < 4.78 is 1.94. The van der Waals surface area contributed by atoms with Crippen LogP contribution in [0.25, 0.3) is 5.82 Å². The first kappa shape index (κ1) is 21.8. The van der Waals surface area contributed by atoms with Crippen molar-refractivity contribution in [2.24, 2.45) is 5.92 Å². The fourth-order valence-corrected chi connectivity index (χ4v) is 4.54. The van der Waals surface area contributed by atoms with E-state index >= 15 is 0 Å². The minimum atomic E-state index is -0.157. The van der Waals surface area contributed by atoms with Gasteiger partial charge in [-0.3, -0.25) is 9.36 Å². The van der Waals surface area contributed by atoms with Gasteiger partial charge in [0.05, 0.1) is 6.04 Å². The van der Waals surface area contributed by atoms with E-state index in [2.05, 4.69) is 49.4 Å². The van der Waals surface area contributed by atoms with Crippen LogP contribution in [0.15, 0.2) is 85.5 Å². The highest BCUT2D eigenvalue weighted by molar-refractivity contribution is 5.80. The van der Waals surface area contributed by atoms with Gasteiger partial charge in [0.1, 0.15) is 23.8 Å². The lowest BCUT2D eigenvalue weighted by Gasteiger charge is -2.33. The van der Waals surface area contributed by atoms with E-state index in [4.69, 9.17) is 0 Å². The van der Waals surface area contributed by atoms with Crippen LogP contribution in [0.1, 0.15) is 35.8 Å². The van der Waals surface area contributed by atoms with Gasteiger partial charge in [-0.25, -0.2) is 15.0 Å². The third-order valence-electron chi connectivity index (χ3n) is 6.45. The molecule has 3 heterocycles. The standard InChI is InChI=1S/C27H28N6O/c1-20-28-14-17-33(20)25-18-24(29-19-30-25)32-15-12-23(13-16-32)27(34)31-26(21-8-4-2-5-9-21)22-10-6-3-7-11-22/h2-11,14,17-19,23,26H,12-13,15-16H2,1H3,(H,31,34). The molecular weight excluding hydrogens is 424 g/mol. The first-order valence-corrected chi connectivity index (χ1v) is 11.7. The molecule has 2 aromatic heterocycles.